The van der Waals surface area contributed by atoms with Gasteiger partial charge in [-0.05, 0) is 56.0 Å². The molecule has 1 aliphatic rings. The highest BCUT2D eigenvalue weighted by Crippen LogP contribution is 2.20. The largest absolute Gasteiger partial charge is 0.484 e. The minimum Gasteiger partial charge on any atom is -0.484 e. The Balaban J connectivity index is 1.80. The number of amides is 1. The summed E-state index contributed by atoms with van der Waals surface area (Å²) in [7, 11) is 0. The van der Waals surface area contributed by atoms with E-state index in [0.29, 0.717) is 23.2 Å². The van der Waals surface area contributed by atoms with Crippen LogP contribution in [0.1, 0.15) is 19.3 Å². The van der Waals surface area contributed by atoms with Crippen molar-refractivity contribution < 1.29 is 9.53 Å². The molecule has 2 N–H and O–H groups in total. The number of likely N-dealkylation sites (tertiary alicyclic amines) is 1. The van der Waals surface area contributed by atoms with Crippen LogP contribution in [0.4, 0.5) is 0 Å². The predicted molar refractivity (Wildman–Crippen MR) is 79.9 cm³/mol. The van der Waals surface area contributed by atoms with Gasteiger partial charge in [0.2, 0.25) is 0 Å². The van der Waals surface area contributed by atoms with Crippen molar-refractivity contribution in [3.8, 4) is 5.75 Å². The van der Waals surface area contributed by atoms with Gasteiger partial charge in [-0.2, -0.15) is 0 Å². The molecule has 0 saturated carbocycles. The average Bonchev–Trinajstić information content (AvgIpc) is 2.47. The third-order valence-electron chi connectivity index (χ3n) is 3.62. The second-order valence-electron chi connectivity index (χ2n) is 5.17. The highest BCUT2D eigenvalue weighted by atomic mass is 35.5. The van der Waals surface area contributed by atoms with Crippen molar-refractivity contribution in [2.24, 2.45) is 11.7 Å². The number of hydrogen-bond acceptors (Lipinski definition) is 3. The lowest BCUT2D eigenvalue weighted by Gasteiger charge is -2.32. The highest BCUT2D eigenvalue weighted by molar-refractivity contribution is 6.30. The number of carbonyl (C=O) groups is 1. The minimum absolute atomic E-state index is 0.0432. The van der Waals surface area contributed by atoms with Crippen molar-refractivity contribution in [2.75, 3.05) is 26.2 Å². The standard InChI is InChI=1S/C15H21ClN2O2/c16-13-3-5-14(6-4-13)20-11-15(19)18-9-1-2-12(10-18)7-8-17/h3-6,12H,1-2,7-11,17H2. The second kappa shape index (κ2) is 7.50. The summed E-state index contributed by atoms with van der Waals surface area (Å²) in [4.78, 5) is 14.0. The van der Waals surface area contributed by atoms with Crippen LogP contribution in [0.25, 0.3) is 0 Å². The van der Waals surface area contributed by atoms with Gasteiger partial charge in [0.25, 0.3) is 5.91 Å². The summed E-state index contributed by atoms with van der Waals surface area (Å²) in [5.74, 6) is 1.24. The maximum absolute atomic E-state index is 12.1. The number of halogens is 1. The lowest BCUT2D eigenvalue weighted by atomic mass is 9.95. The molecule has 0 spiro atoms. The third kappa shape index (κ3) is 4.39. The monoisotopic (exact) mass is 296 g/mol. The Morgan fingerprint density at radius 2 is 2.15 bits per heavy atom. The quantitative estimate of drug-likeness (QED) is 0.907. The number of ether oxygens (including phenoxy) is 1. The highest BCUT2D eigenvalue weighted by Gasteiger charge is 2.23. The second-order valence-corrected chi connectivity index (χ2v) is 5.60. The fraction of sp³-hybridized carbons (Fsp3) is 0.533. The van der Waals surface area contributed by atoms with Crippen LogP contribution < -0.4 is 10.5 Å². The molecule has 1 amide bonds. The topological polar surface area (TPSA) is 55.6 Å². The van der Waals surface area contributed by atoms with Crippen LogP contribution in [0, 0.1) is 5.92 Å². The molecule has 1 aliphatic heterocycles. The van der Waals surface area contributed by atoms with Gasteiger partial charge in [-0.25, -0.2) is 0 Å². The van der Waals surface area contributed by atoms with Crippen molar-refractivity contribution in [3.05, 3.63) is 29.3 Å². The molecule has 1 unspecified atom stereocenters. The van der Waals surface area contributed by atoms with Gasteiger partial charge in [-0.3, -0.25) is 4.79 Å². The van der Waals surface area contributed by atoms with Gasteiger partial charge >= 0.3 is 0 Å². The molecule has 4 nitrogen and oxygen atoms in total. The first kappa shape index (κ1) is 15.1. The van der Waals surface area contributed by atoms with E-state index in [-0.39, 0.29) is 12.5 Å². The van der Waals surface area contributed by atoms with Gasteiger partial charge in [-0.15, -0.1) is 0 Å². The molecule has 5 heteroatoms. The summed E-state index contributed by atoms with van der Waals surface area (Å²) in [5, 5.41) is 0.657. The van der Waals surface area contributed by atoms with Gasteiger partial charge in [0.05, 0.1) is 0 Å². The summed E-state index contributed by atoms with van der Waals surface area (Å²) >= 11 is 5.80. The number of hydrogen-bond donors (Lipinski definition) is 1. The maximum Gasteiger partial charge on any atom is 0.260 e. The van der Waals surface area contributed by atoms with E-state index in [1.54, 1.807) is 24.3 Å². The van der Waals surface area contributed by atoms with Crippen LogP contribution in [0.2, 0.25) is 5.02 Å². The molecule has 0 aromatic heterocycles. The summed E-state index contributed by atoms with van der Waals surface area (Å²) in [5.41, 5.74) is 5.59. The molecule has 1 saturated heterocycles. The van der Waals surface area contributed by atoms with Crippen LogP contribution >= 0.6 is 11.6 Å². The number of nitrogens with zero attached hydrogens (tertiary/aromatic N) is 1. The molecule has 0 bridgehead atoms. The third-order valence-corrected chi connectivity index (χ3v) is 3.87. The lowest BCUT2D eigenvalue weighted by Crippen LogP contribution is -2.42. The van der Waals surface area contributed by atoms with E-state index in [4.69, 9.17) is 22.1 Å². The summed E-state index contributed by atoms with van der Waals surface area (Å²) in [6.07, 6.45) is 3.21. The van der Waals surface area contributed by atoms with Gasteiger partial charge in [-0.1, -0.05) is 11.6 Å². The van der Waals surface area contributed by atoms with Crippen LogP contribution in [0.5, 0.6) is 5.75 Å². The normalized spacial score (nSPS) is 18.9. The molecule has 1 atom stereocenters. The molecule has 2 rings (SSSR count). The van der Waals surface area contributed by atoms with Crippen LogP contribution in [-0.4, -0.2) is 37.0 Å². The van der Waals surface area contributed by atoms with Crippen molar-refractivity contribution in [3.63, 3.8) is 0 Å². The van der Waals surface area contributed by atoms with Crippen molar-refractivity contribution in [1.29, 1.82) is 0 Å². The van der Waals surface area contributed by atoms with Crippen LogP contribution in [-0.2, 0) is 4.79 Å². The van der Waals surface area contributed by atoms with E-state index in [9.17, 15) is 4.79 Å². The fourth-order valence-electron chi connectivity index (χ4n) is 2.53. The van der Waals surface area contributed by atoms with E-state index >= 15 is 0 Å². The molecular formula is C15H21ClN2O2. The molecule has 0 radical (unpaired) electrons. The summed E-state index contributed by atoms with van der Waals surface area (Å²) in [6.45, 7) is 2.40. The molecular weight excluding hydrogens is 276 g/mol. The van der Waals surface area contributed by atoms with Crippen molar-refractivity contribution in [1.82, 2.24) is 4.90 Å². The minimum atomic E-state index is 0.0432. The van der Waals surface area contributed by atoms with Gasteiger partial charge in [0, 0.05) is 18.1 Å². The van der Waals surface area contributed by atoms with Crippen molar-refractivity contribution in [2.45, 2.75) is 19.3 Å². The van der Waals surface area contributed by atoms with E-state index in [1.807, 2.05) is 4.90 Å². The zero-order chi connectivity index (χ0) is 14.4. The van der Waals surface area contributed by atoms with Gasteiger partial charge in [0.1, 0.15) is 5.75 Å². The Kier molecular flexibility index (Phi) is 5.68. The van der Waals surface area contributed by atoms with E-state index < -0.39 is 0 Å². The Labute approximate surface area is 124 Å². The first-order valence-corrected chi connectivity index (χ1v) is 7.43. The van der Waals surface area contributed by atoms with Crippen LogP contribution in [0.3, 0.4) is 0 Å². The average molecular weight is 297 g/mol. The molecule has 110 valence electrons. The molecule has 1 heterocycles. The number of nitrogens with two attached hydrogens (primary N) is 1. The number of carbonyl (C=O) groups excluding carboxylic acids is 1. The van der Waals surface area contributed by atoms with Gasteiger partial charge < -0.3 is 15.4 Å². The van der Waals surface area contributed by atoms with Gasteiger partial charge in [0.15, 0.2) is 6.61 Å². The molecule has 0 aliphatic carbocycles. The summed E-state index contributed by atoms with van der Waals surface area (Å²) < 4.78 is 5.50. The molecule has 20 heavy (non-hydrogen) atoms. The first-order valence-electron chi connectivity index (χ1n) is 7.05. The number of piperidine rings is 1. The fourth-order valence-corrected chi connectivity index (χ4v) is 2.66. The number of benzene rings is 1. The molecule has 1 aromatic carbocycles. The van der Waals surface area contributed by atoms with Crippen LogP contribution in [0.15, 0.2) is 24.3 Å². The van der Waals surface area contributed by atoms with E-state index in [0.717, 1.165) is 25.9 Å². The Morgan fingerprint density at radius 1 is 1.40 bits per heavy atom. The zero-order valence-electron chi connectivity index (χ0n) is 11.6. The van der Waals surface area contributed by atoms with Crippen molar-refractivity contribution >= 4 is 17.5 Å². The van der Waals surface area contributed by atoms with E-state index in [2.05, 4.69) is 0 Å². The summed E-state index contributed by atoms with van der Waals surface area (Å²) in [6, 6.07) is 7.03. The SMILES string of the molecule is NCCC1CCCN(C(=O)COc2ccc(Cl)cc2)C1. The number of rotatable bonds is 5. The Hall–Kier alpha value is -1.26. The smallest absolute Gasteiger partial charge is 0.260 e. The van der Waals surface area contributed by atoms with E-state index in [1.165, 1.54) is 6.42 Å². The predicted octanol–water partition coefficient (Wildman–Crippen LogP) is 2.31. The first-order chi connectivity index (χ1) is 9.69. The maximum atomic E-state index is 12.1. The molecule has 1 aromatic rings. The Morgan fingerprint density at radius 3 is 2.85 bits per heavy atom. The Bertz CT molecular complexity index is 434. The lowest BCUT2D eigenvalue weighted by molar-refractivity contribution is -0.135. The zero-order valence-corrected chi connectivity index (χ0v) is 12.3. The molecule has 1 fully saturated rings.